The number of hydrogen-bond acceptors (Lipinski definition) is 7. The fourth-order valence-corrected chi connectivity index (χ4v) is 3.68. The maximum absolute atomic E-state index is 10.0. The molecule has 1 saturated heterocycles. The van der Waals surface area contributed by atoms with Crippen LogP contribution < -0.4 is 5.32 Å². The number of aromatic nitrogens is 4. The number of hydrogen-bond donors (Lipinski definition) is 3. The first kappa shape index (κ1) is 20.0. The van der Waals surface area contributed by atoms with Crippen molar-refractivity contribution in [3.8, 4) is 0 Å². The van der Waals surface area contributed by atoms with E-state index in [0.717, 1.165) is 12.1 Å². The molecule has 1 aromatic carbocycles. The van der Waals surface area contributed by atoms with Crippen LogP contribution in [0.1, 0.15) is 38.0 Å². The second-order valence-corrected chi connectivity index (χ2v) is 7.56. The predicted octanol–water partition coefficient (Wildman–Crippen LogP) is 3.21. The largest absolute Gasteiger partial charge is 0.394 e. The van der Waals surface area contributed by atoms with Crippen LogP contribution in [0.15, 0.2) is 30.6 Å². The molecule has 3 atom stereocenters. The van der Waals surface area contributed by atoms with Crippen LogP contribution in [0.4, 0.5) is 11.6 Å². The summed E-state index contributed by atoms with van der Waals surface area (Å²) in [6.07, 6.45) is 3.44. The van der Waals surface area contributed by atoms with Crippen LogP contribution in [-0.2, 0) is 11.2 Å². The van der Waals surface area contributed by atoms with E-state index in [2.05, 4.69) is 39.3 Å². The van der Waals surface area contributed by atoms with Crippen LogP contribution in [0, 0.1) is 0 Å². The lowest BCUT2D eigenvalue weighted by Crippen LogP contribution is -2.24. The molecule has 154 valence electrons. The Kier molecular flexibility index (Phi) is 5.96. The zero-order valence-corrected chi connectivity index (χ0v) is 16.9. The Balaban J connectivity index is 1.58. The smallest absolute Gasteiger partial charge is 0.230 e. The predicted molar refractivity (Wildman–Crippen MR) is 110 cm³/mol. The minimum Gasteiger partial charge on any atom is -0.394 e. The first-order valence-electron chi connectivity index (χ1n) is 9.79. The molecular formula is C20H24ClN5O3. The van der Waals surface area contributed by atoms with E-state index in [4.69, 9.17) is 16.3 Å². The van der Waals surface area contributed by atoms with E-state index >= 15 is 0 Å². The summed E-state index contributed by atoms with van der Waals surface area (Å²) in [5.74, 6) is 0.350. The van der Waals surface area contributed by atoms with Crippen molar-refractivity contribution in [2.24, 2.45) is 0 Å². The van der Waals surface area contributed by atoms with Gasteiger partial charge in [0.15, 0.2) is 10.8 Å². The summed E-state index contributed by atoms with van der Waals surface area (Å²) < 4.78 is 7.43. The summed E-state index contributed by atoms with van der Waals surface area (Å²) >= 11 is 6.32. The second-order valence-electron chi connectivity index (χ2n) is 7.20. The number of unbranched alkanes of at least 4 members (excludes halogenated alkanes) is 1. The lowest BCUT2D eigenvalue weighted by atomic mass is 10.1. The molecule has 1 fully saturated rings. The molecule has 0 aliphatic carbocycles. The molecule has 0 bridgehead atoms. The molecular weight excluding hydrogens is 394 g/mol. The maximum Gasteiger partial charge on any atom is 0.230 e. The maximum atomic E-state index is 10.0. The Morgan fingerprint density at radius 1 is 1.28 bits per heavy atom. The number of aliphatic hydroxyl groups excluding tert-OH is 2. The quantitative estimate of drug-likeness (QED) is 0.507. The molecule has 1 aliphatic rings. The van der Waals surface area contributed by atoms with Crippen molar-refractivity contribution in [2.75, 3.05) is 11.9 Å². The van der Waals surface area contributed by atoms with Crippen molar-refractivity contribution >= 4 is 34.4 Å². The highest BCUT2D eigenvalue weighted by Gasteiger charge is 2.35. The molecule has 0 saturated carbocycles. The molecule has 3 heterocycles. The van der Waals surface area contributed by atoms with Gasteiger partial charge in [0.05, 0.1) is 19.0 Å². The number of rotatable bonds is 7. The zero-order chi connectivity index (χ0) is 20.4. The second kappa shape index (κ2) is 8.62. The molecule has 9 heteroatoms. The van der Waals surface area contributed by atoms with Crippen LogP contribution in [0.25, 0.3) is 11.2 Å². The molecule has 1 aliphatic heterocycles. The summed E-state index contributed by atoms with van der Waals surface area (Å²) in [6.45, 7) is 1.93. The summed E-state index contributed by atoms with van der Waals surface area (Å²) in [6, 6.07) is 8.16. The van der Waals surface area contributed by atoms with Gasteiger partial charge in [-0.15, -0.1) is 0 Å². The van der Waals surface area contributed by atoms with Gasteiger partial charge in [0.25, 0.3) is 0 Å². The molecule has 4 rings (SSSR count). The topological polar surface area (TPSA) is 105 Å². The van der Waals surface area contributed by atoms with Crippen molar-refractivity contribution in [1.29, 1.82) is 0 Å². The van der Waals surface area contributed by atoms with E-state index in [1.165, 1.54) is 18.4 Å². The summed E-state index contributed by atoms with van der Waals surface area (Å²) in [4.78, 5) is 13.1. The highest BCUT2D eigenvalue weighted by atomic mass is 35.5. The monoisotopic (exact) mass is 417 g/mol. The van der Waals surface area contributed by atoms with Crippen molar-refractivity contribution in [1.82, 2.24) is 19.5 Å². The Hall–Kier alpha value is -2.26. The highest BCUT2D eigenvalue weighted by Crippen LogP contribution is 2.32. The number of aryl methyl sites for hydroxylation is 1. The van der Waals surface area contributed by atoms with Crippen molar-refractivity contribution in [3.05, 3.63) is 41.3 Å². The third kappa shape index (κ3) is 4.20. The minimum atomic E-state index is -0.747. The van der Waals surface area contributed by atoms with Gasteiger partial charge in [-0.1, -0.05) is 37.1 Å². The van der Waals surface area contributed by atoms with E-state index in [1.54, 1.807) is 10.9 Å². The van der Waals surface area contributed by atoms with Crippen LogP contribution >= 0.6 is 11.6 Å². The van der Waals surface area contributed by atoms with E-state index in [-0.39, 0.29) is 11.8 Å². The molecule has 3 aromatic rings. The summed E-state index contributed by atoms with van der Waals surface area (Å²) in [5, 5.41) is 22.7. The fraction of sp³-hybridized carbons (Fsp3) is 0.450. The average Bonchev–Trinajstić information content (AvgIpc) is 3.30. The van der Waals surface area contributed by atoms with E-state index in [0.29, 0.717) is 23.5 Å². The molecule has 2 aromatic heterocycles. The van der Waals surface area contributed by atoms with Crippen molar-refractivity contribution in [2.45, 2.75) is 51.0 Å². The molecule has 3 N–H and O–H groups in total. The van der Waals surface area contributed by atoms with Gasteiger partial charge < -0.3 is 20.3 Å². The number of nitrogens with one attached hydrogen (secondary N) is 1. The number of anilines is 2. The minimum absolute atomic E-state index is 0.230. The molecule has 0 unspecified atom stereocenters. The van der Waals surface area contributed by atoms with Crippen LogP contribution in [0.3, 0.4) is 0 Å². The Morgan fingerprint density at radius 3 is 2.76 bits per heavy atom. The van der Waals surface area contributed by atoms with Gasteiger partial charge in [-0.3, -0.25) is 4.57 Å². The molecule has 29 heavy (non-hydrogen) atoms. The number of nitrogens with zero attached hydrogens (tertiary/aromatic N) is 4. The van der Waals surface area contributed by atoms with E-state index in [1.807, 2.05) is 12.1 Å². The Morgan fingerprint density at radius 2 is 2.07 bits per heavy atom. The molecule has 8 nitrogen and oxygen atoms in total. The standard InChI is InChI=1S/C20H24ClN5O3/c1-2-3-4-12-5-7-13(8-6-12)23-20-24-18(21)17-19(25-20)26(11-22-17)16-9-14(28)15(10-27)29-16/h5-8,11,14-16,27-28H,2-4,9-10H2,1H3,(H,23,24,25)/t14-,15+,16+/m1/s1. The SMILES string of the molecule is CCCCc1ccc(Nc2nc(Cl)c3ncn([C@@H]4C[C@@H](O)[C@H](CO)O4)c3n2)cc1. The number of fused-ring (bicyclic) bond motifs is 1. The third-order valence-corrected chi connectivity index (χ3v) is 5.37. The number of halogens is 1. The summed E-state index contributed by atoms with van der Waals surface area (Å²) in [5.41, 5.74) is 3.11. The van der Waals surface area contributed by atoms with Gasteiger partial charge in [0.2, 0.25) is 5.95 Å². The van der Waals surface area contributed by atoms with Gasteiger partial charge in [0, 0.05) is 12.1 Å². The van der Waals surface area contributed by atoms with Gasteiger partial charge in [0.1, 0.15) is 17.8 Å². The number of ether oxygens (including phenoxy) is 1. The van der Waals surface area contributed by atoms with Crippen LogP contribution in [0.5, 0.6) is 0 Å². The number of imidazole rings is 1. The van der Waals surface area contributed by atoms with Gasteiger partial charge >= 0.3 is 0 Å². The zero-order valence-electron chi connectivity index (χ0n) is 16.1. The normalized spacial score (nSPS) is 21.7. The number of aliphatic hydroxyl groups is 2. The van der Waals surface area contributed by atoms with Gasteiger partial charge in [-0.25, -0.2) is 4.98 Å². The fourth-order valence-electron chi connectivity index (χ4n) is 3.46. The lowest BCUT2D eigenvalue weighted by molar-refractivity contribution is -0.0432. The van der Waals surface area contributed by atoms with E-state index < -0.39 is 18.4 Å². The van der Waals surface area contributed by atoms with E-state index in [9.17, 15) is 10.2 Å². The number of benzene rings is 1. The van der Waals surface area contributed by atoms with Gasteiger partial charge in [-0.05, 0) is 30.5 Å². The molecule has 0 radical (unpaired) electrons. The average molecular weight is 418 g/mol. The molecule has 0 amide bonds. The Bertz CT molecular complexity index is 978. The third-order valence-electron chi connectivity index (χ3n) is 5.10. The first-order valence-corrected chi connectivity index (χ1v) is 10.2. The van der Waals surface area contributed by atoms with Crippen LogP contribution in [0.2, 0.25) is 5.15 Å². The summed E-state index contributed by atoms with van der Waals surface area (Å²) in [7, 11) is 0. The Labute approximate surface area is 173 Å². The van der Waals surface area contributed by atoms with Crippen molar-refractivity contribution < 1.29 is 14.9 Å². The van der Waals surface area contributed by atoms with Crippen molar-refractivity contribution in [3.63, 3.8) is 0 Å². The first-order chi connectivity index (χ1) is 14.1. The lowest BCUT2D eigenvalue weighted by Gasteiger charge is -2.14. The van der Waals surface area contributed by atoms with Gasteiger partial charge in [-0.2, -0.15) is 9.97 Å². The highest BCUT2D eigenvalue weighted by molar-refractivity contribution is 6.33. The molecule has 0 spiro atoms. The van der Waals surface area contributed by atoms with Crippen LogP contribution in [-0.4, -0.2) is 48.5 Å².